The Morgan fingerprint density at radius 1 is 1.32 bits per heavy atom. The standard InChI is InChI=1S/C16H17ClFN3O3S/c1-10-9-24-6-5-21(10)15-8-13(19-16(17)20-15)12-7-11(18)3-4-14(12)25(2,22)23/h3-4,7-8,10H,5-6,9H2,1-2H3/t10-/m0/s1. The van der Waals surface area contributed by atoms with Gasteiger partial charge in [0.15, 0.2) is 9.84 Å². The number of rotatable bonds is 3. The number of hydrogen-bond acceptors (Lipinski definition) is 6. The Balaban J connectivity index is 2.14. The molecule has 0 bridgehead atoms. The number of benzene rings is 1. The quantitative estimate of drug-likeness (QED) is 0.597. The smallest absolute Gasteiger partial charge is 0.224 e. The molecule has 0 radical (unpaired) electrons. The van der Waals surface area contributed by atoms with E-state index >= 15 is 0 Å². The van der Waals surface area contributed by atoms with Crippen molar-refractivity contribution < 1.29 is 17.5 Å². The summed E-state index contributed by atoms with van der Waals surface area (Å²) in [5.41, 5.74) is 0.419. The van der Waals surface area contributed by atoms with Crippen LogP contribution in [0.2, 0.25) is 5.28 Å². The molecule has 0 N–H and O–H groups in total. The minimum absolute atomic E-state index is 0.00959. The Hall–Kier alpha value is -1.77. The summed E-state index contributed by atoms with van der Waals surface area (Å²) >= 11 is 6.05. The van der Waals surface area contributed by atoms with Crippen molar-refractivity contribution in [2.24, 2.45) is 0 Å². The van der Waals surface area contributed by atoms with E-state index in [2.05, 4.69) is 9.97 Å². The summed E-state index contributed by atoms with van der Waals surface area (Å²) in [5, 5.41) is -0.0325. The van der Waals surface area contributed by atoms with Crippen LogP contribution in [0.1, 0.15) is 6.92 Å². The van der Waals surface area contributed by atoms with Gasteiger partial charge in [-0.15, -0.1) is 0 Å². The zero-order valence-electron chi connectivity index (χ0n) is 13.7. The molecule has 0 unspecified atom stereocenters. The van der Waals surface area contributed by atoms with E-state index < -0.39 is 15.7 Å². The Kier molecular flexibility index (Phi) is 4.95. The fourth-order valence-electron chi connectivity index (χ4n) is 2.78. The zero-order chi connectivity index (χ0) is 18.2. The lowest BCUT2D eigenvalue weighted by Crippen LogP contribution is -2.44. The summed E-state index contributed by atoms with van der Waals surface area (Å²) in [6, 6.07) is 5.17. The molecule has 1 aromatic heterocycles. The van der Waals surface area contributed by atoms with Gasteiger partial charge in [0.1, 0.15) is 11.6 Å². The maximum atomic E-state index is 13.7. The first-order chi connectivity index (χ1) is 11.8. The molecule has 1 saturated heterocycles. The van der Waals surface area contributed by atoms with Crippen LogP contribution >= 0.6 is 11.6 Å². The number of aromatic nitrogens is 2. The molecule has 1 aromatic carbocycles. The van der Waals surface area contributed by atoms with Crippen LogP contribution in [0.25, 0.3) is 11.3 Å². The highest BCUT2D eigenvalue weighted by atomic mass is 35.5. The molecular formula is C16H17ClFN3O3S. The van der Waals surface area contributed by atoms with Crippen LogP contribution < -0.4 is 4.90 Å². The van der Waals surface area contributed by atoms with Gasteiger partial charge in [-0.25, -0.2) is 22.8 Å². The number of morpholine rings is 1. The van der Waals surface area contributed by atoms with Crippen LogP contribution in [0.5, 0.6) is 0 Å². The van der Waals surface area contributed by atoms with E-state index in [9.17, 15) is 12.8 Å². The number of hydrogen-bond donors (Lipinski definition) is 0. The topological polar surface area (TPSA) is 72.4 Å². The van der Waals surface area contributed by atoms with Gasteiger partial charge in [0.05, 0.1) is 29.8 Å². The fraction of sp³-hybridized carbons (Fsp3) is 0.375. The average molecular weight is 386 g/mol. The van der Waals surface area contributed by atoms with E-state index in [1.165, 1.54) is 6.07 Å². The van der Waals surface area contributed by atoms with Crippen LogP contribution in [0.3, 0.4) is 0 Å². The van der Waals surface area contributed by atoms with Gasteiger partial charge in [-0.2, -0.15) is 0 Å². The number of nitrogens with zero attached hydrogens (tertiary/aromatic N) is 3. The van der Waals surface area contributed by atoms with E-state index in [1.807, 2.05) is 11.8 Å². The summed E-state index contributed by atoms with van der Waals surface area (Å²) in [6.07, 6.45) is 1.07. The van der Waals surface area contributed by atoms with Crippen LogP contribution in [-0.2, 0) is 14.6 Å². The first-order valence-electron chi connectivity index (χ1n) is 7.64. The van der Waals surface area contributed by atoms with Gasteiger partial charge in [-0.1, -0.05) is 0 Å². The van der Waals surface area contributed by atoms with E-state index in [0.29, 0.717) is 25.6 Å². The minimum Gasteiger partial charge on any atom is -0.377 e. The van der Waals surface area contributed by atoms with Crippen LogP contribution in [-0.4, -0.2) is 50.4 Å². The largest absolute Gasteiger partial charge is 0.377 e. The first kappa shape index (κ1) is 18.0. The Labute approximate surface area is 150 Å². The van der Waals surface area contributed by atoms with Crippen LogP contribution in [0.4, 0.5) is 10.2 Å². The van der Waals surface area contributed by atoms with Crippen LogP contribution in [0, 0.1) is 5.82 Å². The third kappa shape index (κ3) is 3.91. The van der Waals surface area contributed by atoms with Crippen molar-refractivity contribution in [3.05, 3.63) is 35.4 Å². The summed E-state index contributed by atoms with van der Waals surface area (Å²) in [7, 11) is -3.56. The number of anilines is 1. The average Bonchev–Trinajstić information content (AvgIpc) is 2.53. The third-order valence-corrected chi connectivity index (χ3v) is 5.29. The van der Waals surface area contributed by atoms with Crippen molar-refractivity contribution in [3.8, 4) is 11.3 Å². The molecule has 0 aliphatic carbocycles. The van der Waals surface area contributed by atoms with Crippen molar-refractivity contribution in [2.45, 2.75) is 17.9 Å². The number of ether oxygens (including phenoxy) is 1. The van der Waals surface area contributed by atoms with Gasteiger partial charge in [0, 0.05) is 24.4 Å². The Bertz CT molecular complexity index is 907. The molecule has 3 rings (SSSR count). The second-order valence-electron chi connectivity index (χ2n) is 5.91. The van der Waals surface area contributed by atoms with Crippen LogP contribution in [0.15, 0.2) is 29.2 Å². The van der Waals surface area contributed by atoms with E-state index in [4.69, 9.17) is 16.3 Å². The molecular weight excluding hydrogens is 369 g/mol. The van der Waals surface area contributed by atoms with E-state index in [-0.39, 0.29) is 27.5 Å². The maximum Gasteiger partial charge on any atom is 0.224 e. The number of halogens is 2. The number of sulfone groups is 1. The second kappa shape index (κ2) is 6.86. The molecule has 1 aliphatic rings. The zero-order valence-corrected chi connectivity index (χ0v) is 15.3. The molecule has 0 saturated carbocycles. The molecule has 9 heteroatoms. The highest BCUT2D eigenvalue weighted by Gasteiger charge is 2.23. The molecule has 2 heterocycles. The van der Waals surface area contributed by atoms with Gasteiger partial charge >= 0.3 is 0 Å². The fourth-order valence-corrected chi connectivity index (χ4v) is 3.84. The summed E-state index contributed by atoms with van der Waals surface area (Å²) < 4.78 is 43.2. The summed E-state index contributed by atoms with van der Waals surface area (Å²) in [4.78, 5) is 10.3. The second-order valence-corrected chi connectivity index (χ2v) is 8.23. The molecule has 1 fully saturated rings. The summed E-state index contributed by atoms with van der Waals surface area (Å²) in [6.45, 7) is 3.70. The lowest BCUT2D eigenvalue weighted by Gasteiger charge is -2.34. The van der Waals surface area contributed by atoms with Crippen molar-refractivity contribution in [2.75, 3.05) is 30.9 Å². The monoisotopic (exact) mass is 385 g/mol. The molecule has 6 nitrogen and oxygen atoms in total. The van der Waals surface area contributed by atoms with E-state index in [1.54, 1.807) is 6.07 Å². The molecule has 1 atom stereocenters. The first-order valence-corrected chi connectivity index (χ1v) is 9.91. The highest BCUT2D eigenvalue weighted by Crippen LogP contribution is 2.30. The third-order valence-electron chi connectivity index (χ3n) is 3.96. The van der Waals surface area contributed by atoms with Gasteiger partial charge < -0.3 is 9.64 Å². The van der Waals surface area contributed by atoms with Crippen molar-refractivity contribution in [1.82, 2.24) is 9.97 Å². The Morgan fingerprint density at radius 3 is 2.76 bits per heavy atom. The molecule has 2 aromatic rings. The predicted octanol–water partition coefficient (Wildman–Crippen LogP) is 2.56. The van der Waals surface area contributed by atoms with Crippen molar-refractivity contribution in [1.29, 1.82) is 0 Å². The molecule has 1 aliphatic heterocycles. The predicted molar refractivity (Wildman–Crippen MR) is 93.2 cm³/mol. The van der Waals surface area contributed by atoms with Gasteiger partial charge in [-0.05, 0) is 36.7 Å². The van der Waals surface area contributed by atoms with Gasteiger partial charge in [0.25, 0.3) is 0 Å². The molecule has 134 valence electrons. The highest BCUT2D eigenvalue weighted by molar-refractivity contribution is 7.90. The lowest BCUT2D eigenvalue weighted by molar-refractivity contribution is 0.0985. The van der Waals surface area contributed by atoms with Gasteiger partial charge in [-0.3, -0.25) is 0 Å². The summed E-state index contributed by atoms with van der Waals surface area (Å²) in [5.74, 6) is -0.00654. The van der Waals surface area contributed by atoms with E-state index in [0.717, 1.165) is 18.4 Å². The molecule has 25 heavy (non-hydrogen) atoms. The minimum atomic E-state index is -3.56. The SMILES string of the molecule is C[C@H]1COCCN1c1cc(-c2cc(F)ccc2S(C)(=O)=O)nc(Cl)n1. The molecule has 0 amide bonds. The normalized spacial score (nSPS) is 18.4. The van der Waals surface area contributed by atoms with Crippen molar-refractivity contribution >= 4 is 27.3 Å². The molecule has 0 spiro atoms. The van der Waals surface area contributed by atoms with Gasteiger partial charge in [0.2, 0.25) is 5.28 Å². The Morgan fingerprint density at radius 2 is 2.08 bits per heavy atom. The van der Waals surface area contributed by atoms with Crippen molar-refractivity contribution in [3.63, 3.8) is 0 Å². The maximum absolute atomic E-state index is 13.7. The lowest BCUT2D eigenvalue weighted by atomic mass is 10.1.